The van der Waals surface area contributed by atoms with E-state index in [2.05, 4.69) is 10.1 Å². The minimum Gasteiger partial charge on any atom is -0.377 e. The highest BCUT2D eigenvalue weighted by atomic mass is 35.5. The second kappa shape index (κ2) is 6.26. The van der Waals surface area contributed by atoms with Crippen LogP contribution in [0.25, 0.3) is 10.9 Å². The molecule has 1 fully saturated rings. The summed E-state index contributed by atoms with van der Waals surface area (Å²) in [4.78, 5) is 18.6. The zero-order valence-corrected chi connectivity index (χ0v) is 13.5. The van der Waals surface area contributed by atoms with Crippen LogP contribution in [0.5, 0.6) is 0 Å². The Morgan fingerprint density at radius 2 is 2.29 bits per heavy atom. The first-order valence-electron chi connectivity index (χ1n) is 7.60. The molecule has 0 bridgehead atoms. The lowest BCUT2D eigenvalue weighted by Gasteiger charge is -2.33. The quantitative estimate of drug-likeness (QED) is 0.727. The van der Waals surface area contributed by atoms with Crippen LogP contribution >= 0.6 is 11.6 Å². The predicted molar refractivity (Wildman–Crippen MR) is 86.5 cm³/mol. The first-order valence-corrected chi connectivity index (χ1v) is 7.98. The van der Waals surface area contributed by atoms with E-state index >= 15 is 0 Å². The number of carbonyl (C=O) groups excluding carboxylic acids is 1. The van der Waals surface area contributed by atoms with Crippen LogP contribution in [-0.2, 0) is 16.1 Å². The number of morpholine rings is 1. The standard InChI is InChI=1S/C16H15ClN4O3/c17-12-2-1-11-3-4-20(13(11)7-12)8-15(22)21-5-6-23-9-14(21)16-18-10-24-19-16/h1-4,7,10,14H,5-6,8-9H2/t14-/m1/s1. The van der Waals surface area contributed by atoms with E-state index in [9.17, 15) is 4.79 Å². The molecule has 1 atom stereocenters. The number of halogens is 1. The molecule has 2 aromatic heterocycles. The van der Waals surface area contributed by atoms with Crippen molar-refractivity contribution >= 4 is 28.4 Å². The van der Waals surface area contributed by atoms with E-state index < -0.39 is 0 Å². The first-order chi connectivity index (χ1) is 11.7. The molecule has 3 heterocycles. The molecule has 0 unspecified atom stereocenters. The largest absolute Gasteiger partial charge is 0.377 e. The van der Waals surface area contributed by atoms with Gasteiger partial charge >= 0.3 is 0 Å². The number of fused-ring (bicyclic) bond motifs is 1. The van der Waals surface area contributed by atoms with E-state index in [4.69, 9.17) is 20.9 Å². The van der Waals surface area contributed by atoms with E-state index in [1.54, 1.807) is 4.90 Å². The molecule has 24 heavy (non-hydrogen) atoms. The first kappa shape index (κ1) is 15.2. The molecule has 1 aliphatic heterocycles. The van der Waals surface area contributed by atoms with Crippen molar-refractivity contribution in [1.82, 2.24) is 19.6 Å². The minimum atomic E-state index is -0.324. The normalized spacial score (nSPS) is 18.2. The highest BCUT2D eigenvalue weighted by Crippen LogP contribution is 2.24. The Morgan fingerprint density at radius 1 is 1.38 bits per heavy atom. The average molecular weight is 347 g/mol. The van der Waals surface area contributed by atoms with E-state index in [-0.39, 0.29) is 18.5 Å². The van der Waals surface area contributed by atoms with E-state index in [0.717, 1.165) is 10.9 Å². The van der Waals surface area contributed by atoms with Crippen molar-refractivity contribution in [1.29, 1.82) is 0 Å². The zero-order chi connectivity index (χ0) is 16.5. The molecule has 1 amide bonds. The summed E-state index contributed by atoms with van der Waals surface area (Å²) in [6.07, 6.45) is 3.15. The van der Waals surface area contributed by atoms with Gasteiger partial charge in [0.1, 0.15) is 12.6 Å². The van der Waals surface area contributed by atoms with Crippen LogP contribution in [0.3, 0.4) is 0 Å². The molecule has 7 nitrogen and oxygen atoms in total. The maximum absolute atomic E-state index is 12.8. The molecule has 0 N–H and O–H groups in total. The highest BCUT2D eigenvalue weighted by Gasteiger charge is 2.31. The third-order valence-electron chi connectivity index (χ3n) is 4.17. The number of carbonyl (C=O) groups is 1. The summed E-state index contributed by atoms with van der Waals surface area (Å²) in [5.74, 6) is 0.439. The lowest BCUT2D eigenvalue weighted by atomic mass is 10.2. The summed E-state index contributed by atoms with van der Waals surface area (Å²) in [5, 5.41) is 5.54. The number of hydrogen-bond donors (Lipinski definition) is 0. The number of nitrogens with zero attached hydrogens (tertiary/aromatic N) is 4. The van der Waals surface area contributed by atoms with Crippen LogP contribution in [0.1, 0.15) is 11.9 Å². The molecule has 0 saturated carbocycles. The SMILES string of the molecule is O=C(Cn1ccc2ccc(Cl)cc21)N1CCOC[C@@H]1c1ncon1. The molecule has 124 valence electrons. The second-order valence-corrected chi connectivity index (χ2v) is 6.05. The minimum absolute atomic E-state index is 0.0226. The van der Waals surface area contributed by atoms with Crippen molar-refractivity contribution in [2.24, 2.45) is 0 Å². The number of hydrogen-bond acceptors (Lipinski definition) is 5. The monoisotopic (exact) mass is 346 g/mol. The van der Waals surface area contributed by atoms with Crippen LogP contribution in [0.4, 0.5) is 0 Å². The van der Waals surface area contributed by atoms with Crippen molar-refractivity contribution < 1.29 is 14.1 Å². The van der Waals surface area contributed by atoms with Crippen LogP contribution in [0.15, 0.2) is 41.4 Å². The van der Waals surface area contributed by atoms with Crippen LogP contribution in [0.2, 0.25) is 5.02 Å². The van der Waals surface area contributed by atoms with Crippen molar-refractivity contribution in [3.63, 3.8) is 0 Å². The smallest absolute Gasteiger partial charge is 0.243 e. The lowest BCUT2D eigenvalue weighted by molar-refractivity contribution is -0.141. The number of ether oxygens (including phenoxy) is 1. The highest BCUT2D eigenvalue weighted by molar-refractivity contribution is 6.31. The Bertz CT molecular complexity index is 861. The molecule has 4 rings (SSSR count). The summed E-state index contributed by atoms with van der Waals surface area (Å²) >= 11 is 6.07. The van der Waals surface area contributed by atoms with Gasteiger partial charge in [0.15, 0.2) is 5.82 Å². The molecule has 0 aliphatic carbocycles. The Kier molecular flexibility index (Phi) is 3.95. The zero-order valence-electron chi connectivity index (χ0n) is 12.8. The van der Waals surface area contributed by atoms with E-state index in [1.165, 1.54) is 6.39 Å². The van der Waals surface area contributed by atoms with E-state index in [0.29, 0.717) is 30.6 Å². The molecular formula is C16H15ClN4O3. The molecule has 0 spiro atoms. The molecule has 8 heteroatoms. The summed E-state index contributed by atoms with van der Waals surface area (Å²) < 4.78 is 12.2. The van der Waals surface area contributed by atoms with Crippen LogP contribution in [0, 0.1) is 0 Å². The Hall–Kier alpha value is -2.38. The van der Waals surface area contributed by atoms with Gasteiger partial charge in [0.2, 0.25) is 12.3 Å². The number of rotatable bonds is 3. The Morgan fingerprint density at radius 3 is 3.12 bits per heavy atom. The van der Waals surface area contributed by atoms with Gasteiger partial charge in [0, 0.05) is 23.3 Å². The third kappa shape index (κ3) is 2.76. The fraction of sp³-hybridized carbons (Fsp3) is 0.312. The van der Waals surface area contributed by atoms with Crippen molar-refractivity contribution in [3.8, 4) is 0 Å². The topological polar surface area (TPSA) is 73.4 Å². The van der Waals surface area contributed by atoms with Gasteiger partial charge in [-0.25, -0.2) is 0 Å². The summed E-state index contributed by atoms with van der Waals surface area (Å²) in [5.41, 5.74) is 0.931. The predicted octanol–water partition coefficient (Wildman–Crippen LogP) is 2.28. The second-order valence-electron chi connectivity index (χ2n) is 5.61. The fourth-order valence-electron chi connectivity index (χ4n) is 2.97. The fourth-order valence-corrected chi connectivity index (χ4v) is 3.14. The van der Waals surface area contributed by atoms with Gasteiger partial charge < -0.3 is 18.7 Å². The average Bonchev–Trinajstić information content (AvgIpc) is 3.25. The van der Waals surface area contributed by atoms with Gasteiger partial charge in [-0.1, -0.05) is 22.8 Å². The summed E-state index contributed by atoms with van der Waals surface area (Å²) in [6, 6.07) is 7.28. The summed E-state index contributed by atoms with van der Waals surface area (Å²) in [6.45, 7) is 1.58. The van der Waals surface area contributed by atoms with Gasteiger partial charge in [-0.05, 0) is 23.6 Å². The third-order valence-corrected chi connectivity index (χ3v) is 4.40. The van der Waals surface area contributed by atoms with E-state index in [1.807, 2.05) is 35.0 Å². The summed E-state index contributed by atoms with van der Waals surface area (Å²) in [7, 11) is 0. The van der Waals surface area contributed by atoms with Crippen LogP contribution < -0.4 is 0 Å². The maximum Gasteiger partial charge on any atom is 0.243 e. The maximum atomic E-state index is 12.8. The molecule has 0 radical (unpaired) electrons. The molecule has 1 aromatic carbocycles. The lowest BCUT2D eigenvalue weighted by Crippen LogP contribution is -2.45. The van der Waals surface area contributed by atoms with Crippen molar-refractivity contribution in [2.45, 2.75) is 12.6 Å². The van der Waals surface area contributed by atoms with Crippen LogP contribution in [-0.4, -0.2) is 45.3 Å². The number of aromatic nitrogens is 3. The molecule has 1 aliphatic rings. The molecule has 3 aromatic rings. The van der Waals surface area contributed by atoms with Crippen molar-refractivity contribution in [2.75, 3.05) is 19.8 Å². The molecular weight excluding hydrogens is 332 g/mol. The molecule has 1 saturated heterocycles. The number of benzene rings is 1. The number of amides is 1. The van der Waals surface area contributed by atoms with Gasteiger partial charge in [-0.15, -0.1) is 0 Å². The Balaban J connectivity index is 1.59. The van der Waals surface area contributed by atoms with Gasteiger partial charge in [0.05, 0.1) is 13.2 Å². The van der Waals surface area contributed by atoms with Gasteiger partial charge in [-0.3, -0.25) is 4.79 Å². The van der Waals surface area contributed by atoms with Gasteiger partial charge in [0.25, 0.3) is 0 Å². The van der Waals surface area contributed by atoms with Crippen molar-refractivity contribution in [3.05, 3.63) is 47.7 Å². The Labute approximate surface area is 142 Å². The van der Waals surface area contributed by atoms with Gasteiger partial charge in [-0.2, -0.15) is 4.98 Å².